The van der Waals surface area contributed by atoms with Gasteiger partial charge in [0.2, 0.25) is 0 Å². The molecule has 0 radical (unpaired) electrons. The maximum atomic E-state index is 12.8. The van der Waals surface area contributed by atoms with Crippen molar-refractivity contribution >= 4 is 11.6 Å². The van der Waals surface area contributed by atoms with Crippen molar-refractivity contribution in [2.24, 2.45) is 0 Å². The van der Waals surface area contributed by atoms with Gasteiger partial charge in [-0.15, -0.1) is 0 Å². The molecule has 1 aliphatic rings. The highest BCUT2D eigenvalue weighted by atomic mass is 35.5. The fraction of sp³-hybridized carbons (Fsp3) is 0.400. The molecule has 1 fully saturated rings. The number of halogens is 2. The highest BCUT2D eigenvalue weighted by molar-refractivity contribution is 6.30. The van der Waals surface area contributed by atoms with Crippen LogP contribution in [-0.2, 0) is 0 Å². The van der Waals surface area contributed by atoms with Crippen molar-refractivity contribution < 1.29 is 9.13 Å². The molecule has 0 aromatic heterocycles. The lowest BCUT2D eigenvalue weighted by Crippen LogP contribution is -2.19. The van der Waals surface area contributed by atoms with Crippen molar-refractivity contribution in [1.29, 1.82) is 0 Å². The minimum Gasteiger partial charge on any atom is -0.489 e. The molecule has 1 aromatic rings. The van der Waals surface area contributed by atoms with Crippen LogP contribution >= 0.6 is 11.6 Å². The van der Waals surface area contributed by atoms with Crippen LogP contribution in [0.25, 0.3) is 0 Å². The summed E-state index contributed by atoms with van der Waals surface area (Å²) in [6.45, 7) is 1.81. The van der Waals surface area contributed by atoms with Gasteiger partial charge in [-0.05, 0) is 25.1 Å². The van der Waals surface area contributed by atoms with Crippen molar-refractivity contribution in [3.63, 3.8) is 0 Å². The van der Waals surface area contributed by atoms with Crippen molar-refractivity contribution in [3.8, 4) is 5.75 Å². The molecule has 1 saturated heterocycles. The van der Waals surface area contributed by atoms with Crippen molar-refractivity contribution in [3.05, 3.63) is 29.0 Å². The lowest BCUT2D eigenvalue weighted by Gasteiger charge is -2.12. The highest BCUT2D eigenvalue weighted by Gasteiger charge is 2.16. The molecule has 14 heavy (non-hydrogen) atoms. The zero-order valence-electron chi connectivity index (χ0n) is 7.59. The number of nitrogens with one attached hydrogen (secondary N) is 1. The second-order valence-electron chi connectivity index (χ2n) is 3.31. The summed E-state index contributed by atoms with van der Waals surface area (Å²) >= 11 is 5.63. The van der Waals surface area contributed by atoms with Gasteiger partial charge in [0.25, 0.3) is 0 Å². The summed E-state index contributed by atoms with van der Waals surface area (Å²) < 4.78 is 18.4. The third-order valence-electron chi connectivity index (χ3n) is 2.21. The predicted octanol–water partition coefficient (Wildman–Crippen LogP) is 2.22. The van der Waals surface area contributed by atoms with E-state index in [-0.39, 0.29) is 11.1 Å². The minimum atomic E-state index is -0.413. The van der Waals surface area contributed by atoms with Gasteiger partial charge < -0.3 is 10.1 Å². The summed E-state index contributed by atoms with van der Waals surface area (Å²) in [4.78, 5) is 0. The summed E-state index contributed by atoms with van der Waals surface area (Å²) in [5, 5.41) is 3.29. The monoisotopic (exact) mass is 215 g/mol. The van der Waals surface area contributed by atoms with Crippen LogP contribution in [0.5, 0.6) is 5.75 Å². The summed E-state index contributed by atoms with van der Waals surface area (Å²) in [6.07, 6.45) is 1.16. The molecule has 0 bridgehead atoms. The Hall–Kier alpha value is -0.800. The zero-order valence-corrected chi connectivity index (χ0v) is 8.35. The van der Waals surface area contributed by atoms with Crippen LogP contribution in [0.2, 0.25) is 5.02 Å². The molecule has 0 amide bonds. The fourth-order valence-electron chi connectivity index (χ4n) is 1.47. The normalized spacial score (nSPS) is 21.1. The summed E-state index contributed by atoms with van der Waals surface area (Å²) in [5.74, 6) is 0.216. The van der Waals surface area contributed by atoms with Gasteiger partial charge in [-0.3, -0.25) is 0 Å². The lowest BCUT2D eigenvalue weighted by molar-refractivity contribution is 0.223. The Morgan fingerprint density at radius 3 is 3.00 bits per heavy atom. The van der Waals surface area contributed by atoms with E-state index < -0.39 is 5.82 Å². The molecule has 2 nitrogen and oxygen atoms in total. The zero-order chi connectivity index (χ0) is 9.97. The molecule has 1 aromatic carbocycles. The van der Waals surface area contributed by atoms with Crippen LogP contribution in [0, 0.1) is 5.82 Å². The van der Waals surface area contributed by atoms with E-state index >= 15 is 0 Å². The molecule has 76 valence electrons. The Kier molecular flexibility index (Phi) is 2.89. The lowest BCUT2D eigenvalue weighted by atomic mass is 10.3. The van der Waals surface area contributed by atoms with Crippen LogP contribution in [0.15, 0.2) is 18.2 Å². The molecule has 1 N–H and O–H groups in total. The average molecular weight is 216 g/mol. The Morgan fingerprint density at radius 2 is 2.36 bits per heavy atom. The Balaban J connectivity index is 2.05. The second-order valence-corrected chi connectivity index (χ2v) is 3.72. The molecule has 0 aliphatic carbocycles. The molecule has 0 saturated carbocycles. The molecule has 0 unspecified atom stereocenters. The van der Waals surface area contributed by atoms with Gasteiger partial charge in [0.1, 0.15) is 17.7 Å². The van der Waals surface area contributed by atoms with E-state index in [1.54, 1.807) is 6.07 Å². The number of hydrogen-bond donors (Lipinski definition) is 1. The minimum absolute atomic E-state index is 0.105. The van der Waals surface area contributed by atoms with Gasteiger partial charge in [0.15, 0.2) is 0 Å². The van der Waals surface area contributed by atoms with Gasteiger partial charge in [-0.2, -0.15) is 0 Å². The van der Waals surface area contributed by atoms with Crippen molar-refractivity contribution in [1.82, 2.24) is 5.32 Å². The van der Waals surface area contributed by atoms with Crippen LogP contribution in [-0.4, -0.2) is 19.2 Å². The fourth-order valence-corrected chi connectivity index (χ4v) is 1.64. The van der Waals surface area contributed by atoms with E-state index in [4.69, 9.17) is 16.3 Å². The molecular weight excluding hydrogens is 205 g/mol. The molecular formula is C10H11ClFNO. The third kappa shape index (κ3) is 2.16. The maximum absolute atomic E-state index is 12.8. The average Bonchev–Trinajstić information content (AvgIpc) is 2.64. The Morgan fingerprint density at radius 1 is 1.50 bits per heavy atom. The van der Waals surface area contributed by atoms with Crippen molar-refractivity contribution in [2.45, 2.75) is 12.5 Å². The first-order chi connectivity index (χ1) is 6.75. The van der Waals surface area contributed by atoms with Crippen LogP contribution in [0.3, 0.4) is 0 Å². The van der Waals surface area contributed by atoms with Crippen LogP contribution in [0.4, 0.5) is 4.39 Å². The number of ether oxygens (including phenoxy) is 1. The first-order valence-electron chi connectivity index (χ1n) is 4.58. The van der Waals surface area contributed by atoms with Crippen molar-refractivity contribution in [2.75, 3.05) is 13.1 Å². The van der Waals surface area contributed by atoms with E-state index in [9.17, 15) is 4.39 Å². The smallest absolute Gasteiger partial charge is 0.142 e. The van der Waals surface area contributed by atoms with Gasteiger partial charge in [0.05, 0.1) is 5.02 Å². The standard InChI is InChI=1S/C10H11ClFNO/c11-9-5-7(1-2-10(9)12)14-8-3-4-13-6-8/h1-2,5,8,13H,3-4,6H2/t8-/m1/s1. The second kappa shape index (κ2) is 4.15. The topological polar surface area (TPSA) is 21.3 Å². The van der Waals surface area contributed by atoms with E-state index in [0.29, 0.717) is 5.75 Å². The molecule has 1 heterocycles. The van der Waals surface area contributed by atoms with Crippen LogP contribution in [0.1, 0.15) is 6.42 Å². The molecule has 1 atom stereocenters. The van der Waals surface area contributed by atoms with E-state index in [1.807, 2.05) is 0 Å². The summed E-state index contributed by atoms with van der Waals surface area (Å²) in [7, 11) is 0. The maximum Gasteiger partial charge on any atom is 0.142 e. The third-order valence-corrected chi connectivity index (χ3v) is 2.50. The summed E-state index contributed by atoms with van der Waals surface area (Å²) in [6, 6.07) is 4.43. The molecule has 0 spiro atoms. The number of rotatable bonds is 2. The predicted molar refractivity (Wildman–Crippen MR) is 53.3 cm³/mol. The van der Waals surface area contributed by atoms with Crippen LogP contribution < -0.4 is 10.1 Å². The number of benzene rings is 1. The molecule has 2 rings (SSSR count). The van der Waals surface area contributed by atoms with Gasteiger partial charge in [-0.1, -0.05) is 11.6 Å². The van der Waals surface area contributed by atoms with E-state index in [2.05, 4.69) is 5.32 Å². The van der Waals surface area contributed by atoms with Gasteiger partial charge in [-0.25, -0.2) is 4.39 Å². The summed E-state index contributed by atoms with van der Waals surface area (Å²) in [5.41, 5.74) is 0. The first-order valence-corrected chi connectivity index (χ1v) is 4.96. The quantitative estimate of drug-likeness (QED) is 0.817. The Labute approximate surface area is 87.0 Å². The first kappa shape index (κ1) is 9.74. The molecule has 1 aliphatic heterocycles. The van der Waals surface area contributed by atoms with Gasteiger partial charge >= 0.3 is 0 Å². The Bertz CT molecular complexity index is 326. The molecule has 4 heteroatoms. The highest BCUT2D eigenvalue weighted by Crippen LogP contribution is 2.22. The largest absolute Gasteiger partial charge is 0.489 e. The SMILES string of the molecule is Fc1ccc(O[C@@H]2CCNC2)cc1Cl. The van der Waals surface area contributed by atoms with Gasteiger partial charge in [0, 0.05) is 12.6 Å². The number of hydrogen-bond acceptors (Lipinski definition) is 2. The van der Waals surface area contributed by atoms with E-state index in [0.717, 1.165) is 19.5 Å². The van der Waals surface area contributed by atoms with E-state index in [1.165, 1.54) is 12.1 Å².